The van der Waals surface area contributed by atoms with Crippen molar-refractivity contribution in [1.82, 2.24) is 0 Å². The first-order valence-corrected chi connectivity index (χ1v) is 4.68. The quantitative estimate of drug-likeness (QED) is 0.750. The minimum Gasteiger partial charge on any atom is -0.432 e. The number of hydrogen-bond acceptors (Lipinski definition) is 1. The third-order valence-corrected chi connectivity index (χ3v) is 3.04. The van der Waals surface area contributed by atoms with Crippen LogP contribution in [-0.4, -0.2) is 6.61 Å². The van der Waals surface area contributed by atoms with Gasteiger partial charge in [-0.2, -0.15) is 8.78 Å². The fourth-order valence-corrected chi connectivity index (χ4v) is 1.33. The Morgan fingerprint density at radius 3 is 2.23 bits per heavy atom. The molecule has 0 saturated carbocycles. The fourth-order valence-electron chi connectivity index (χ4n) is 0.691. The SMILES string of the molecule is Fc1cc(Br)c(Br)cc1OC(F)F. The third kappa shape index (κ3) is 2.87. The largest absolute Gasteiger partial charge is 0.432 e. The molecule has 1 nitrogen and oxygen atoms in total. The molecule has 0 bridgehead atoms. The average molecular weight is 320 g/mol. The van der Waals surface area contributed by atoms with E-state index in [2.05, 4.69) is 36.6 Å². The summed E-state index contributed by atoms with van der Waals surface area (Å²) in [5.41, 5.74) is 0. The van der Waals surface area contributed by atoms with Gasteiger partial charge in [0.2, 0.25) is 0 Å². The second kappa shape index (κ2) is 4.32. The summed E-state index contributed by atoms with van der Waals surface area (Å²) in [4.78, 5) is 0. The number of halogens is 5. The van der Waals surface area contributed by atoms with Gasteiger partial charge in [-0.25, -0.2) is 4.39 Å². The summed E-state index contributed by atoms with van der Waals surface area (Å²) in [5.74, 6) is -1.32. The lowest BCUT2D eigenvalue weighted by Crippen LogP contribution is -2.03. The van der Waals surface area contributed by atoms with Gasteiger partial charge in [-0.15, -0.1) is 0 Å². The Labute approximate surface area is 89.1 Å². The molecule has 0 N–H and O–H groups in total. The van der Waals surface area contributed by atoms with Crippen LogP contribution in [0.2, 0.25) is 0 Å². The molecule has 0 aliphatic carbocycles. The summed E-state index contributed by atoms with van der Waals surface area (Å²) in [6.45, 7) is -3.03. The number of ether oxygens (including phenoxy) is 1. The van der Waals surface area contributed by atoms with Crippen molar-refractivity contribution in [2.75, 3.05) is 0 Å². The van der Waals surface area contributed by atoms with E-state index >= 15 is 0 Å². The Hall–Kier alpha value is -0.230. The highest BCUT2D eigenvalue weighted by molar-refractivity contribution is 9.13. The van der Waals surface area contributed by atoms with Crippen molar-refractivity contribution in [3.8, 4) is 5.75 Å². The Balaban J connectivity index is 3.01. The lowest BCUT2D eigenvalue weighted by molar-refractivity contribution is -0.0522. The summed E-state index contributed by atoms with van der Waals surface area (Å²) in [7, 11) is 0. The Kier molecular flexibility index (Phi) is 3.61. The van der Waals surface area contributed by atoms with Gasteiger partial charge in [-0.05, 0) is 44.0 Å². The summed E-state index contributed by atoms with van der Waals surface area (Å²) in [6.07, 6.45) is 0. The van der Waals surface area contributed by atoms with E-state index < -0.39 is 18.2 Å². The first-order valence-electron chi connectivity index (χ1n) is 3.10. The van der Waals surface area contributed by atoms with E-state index in [0.29, 0.717) is 8.95 Å². The van der Waals surface area contributed by atoms with Crippen LogP contribution in [0.1, 0.15) is 0 Å². The zero-order valence-electron chi connectivity index (χ0n) is 6.03. The summed E-state index contributed by atoms with van der Waals surface area (Å²) >= 11 is 6.05. The van der Waals surface area contributed by atoms with E-state index in [1.165, 1.54) is 0 Å². The number of alkyl halides is 2. The lowest BCUT2D eigenvalue weighted by Gasteiger charge is -2.06. The Morgan fingerprint density at radius 1 is 1.15 bits per heavy atom. The first kappa shape index (κ1) is 10.8. The molecule has 1 aromatic carbocycles. The predicted octanol–water partition coefficient (Wildman–Crippen LogP) is 3.95. The second-order valence-corrected chi connectivity index (χ2v) is 3.78. The van der Waals surface area contributed by atoms with E-state index in [9.17, 15) is 13.2 Å². The molecular formula is C7H3Br2F3O. The van der Waals surface area contributed by atoms with Gasteiger partial charge in [0, 0.05) is 8.95 Å². The molecule has 0 aromatic heterocycles. The maximum Gasteiger partial charge on any atom is 0.387 e. The van der Waals surface area contributed by atoms with Crippen LogP contribution in [-0.2, 0) is 0 Å². The molecule has 0 unspecified atom stereocenters. The Bertz CT molecular complexity index is 317. The van der Waals surface area contributed by atoms with Crippen molar-refractivity contribution in [3.63, 3.8) is 0 Å². The van der Waals surface area contributed by atoms with Gasteiger partial charge >= 0.3 is 6.61 Å². The van der Waals surface area contributed by atoms with Crippen LogP contribution in [0.4, 0.5) is 13.2 Å². The van der Waals surface area contributed by atoms with Crippen LogP contribution in [0.3, 0.4) is 0 Å². The standard InChI is InChI=1S/C7H3Br2F3O/c8-3-1-5(10)6(2-4(3)9)13-7(11)12/h1-2,7H. The second-order valence-electron chi connectivity index (χ2n) is 2.08. The molecule has 72 valence electrons. The van der Waals surface area contributed by atoms with Crippen molar-refractivity contribution >= 4 is 31.9 Å². The summed E-state index contributed by atoms with van der Waals surface area (Å²) < 4.78 is 41.1. The normalized spacial score (nSPS) is 10.6. The van der Waals surface area contributed by atoms with Gasteiger partial charge in [0.15, 0.2) is 11.6 Å². The summed E-state index contributed by atoms with van der Waals surface area (Å²) in [5, 5.41) is 0. The molecule has 0 spiro atoms. The van der Waals surface area contributed by atoms with E-state index in [0.717, 1.165) is 12.1 Å². The number of hydrogen-bond donors (Lipinski definition) is 0. The molecule has 0 aliphatic rings. The molecular weight excluding hydrogens is 317 g/mol. The maximum atomic E-state index is 12.9. The number of rotatable bonds is 2. The molecule has 1 aromatic rings. The van der Waals surface area contributed by atoms with Crippen molar-refractivity contribution in [1.29, 1.82) is 0 Å². The van der Waals surface area contributed by atoms with Gasteiger partial charge in [0.25, 0.3) is 0 Å². The first-order chi connectivity index (χ1) is 6.00. The zero-order chi connectivity index (χ0) is 10.0. The molecule has 0 atom stereocenters. The monoisotopic (exact) mass is 318 g/mol. The molecule has 0 amide bonds. The van der Waals surface area contributed by atoms with Gasteiger partial charge in [-0.1, -0.05) is 0 Å². The van der Waals surface area contributed by atoms with Crippen LogP contribution in [0.15, 0.2) is 21.1 Å². The van der Waals surface area contributed by atoms with Crippen molar-refractivity contribution in [2.45, 2.75) is 6.61 Å². The average Bonchev–Trinajstić information content (AvgIpc) is 1.99. The zero-order valence-corrected chi connectivity index (χ0v) is 9.20. The Morgan fingerprint density at radius 2 is 1.69 bits per heavy atom. The highest BCUT2D eigenvalue weighted by Gasteiger charge is 2.11. The van der Waals surface area contributed by atoms with Crippen LogP contribution < -0.4 is 4.74 Å². The smallest absolute Gasteiger partial charge is 0.387 e. The van der Waals surface area contributed by atoms with E-state index in [1.807, 2.05) is 0 Å². The van der Waals surface area contributed by atoms with Crippen LogP contribution >= 0.6 is 31.9 Å². The summed E-state index contributed by atoms with van der Waals surface area (Å²) in [6, 6.07) is 2.17. The molecule has 0 fully saturated rings. The molecule has 13 heavy (non-hydrogen) atoms. The molecule has 0 saturated heterocycles. The van der Waals surface area contributed by atoms with E-state index in [1.54, 1.807) is 0 Å². The minimum absolute atomic E-state index is 0.437. The molecule has 0 aliphatic heterocycles. The van der Waals surface area contributed by atoms with Gasteiger partial charge < -0.3 is 4.74 Å². The van der Waals surface area contributed by atoms with Gasteiger partial charge in [0.1, 0.15) is 0 Å². The maximum absolute atomic E-state index is 12.9. The van der Waals surface area contributed by atoms with E-state index in [-0.39, 0.29) is 0 Å². The van der Waals surface area contributed by atoms with Crippen molar-refractivity contribution in [2.24, 2.45) is 0 Å². The molecule has 1 rings (SSSR count). The predicted molar refractivity (Wildman–Crippen MR) is 48.4 cm³/mol. The fraction of sp³-hybridized carbons (Fsp3) is 0.143. The minimum atomic E-state index is -3.03. The van der Waals surface area contributed by atoms with Crippen LogP contribution in [0, 0.1) is 5.82 Å². The third-order valence-electron chi connectivity index (χ3n) is 1.19. The highest BCUT2D eigenvalue weighted by Crippen LogP contribution is 2.30. The van der Waals surface area contributed by atoms with E-state index in [4.69, 9.17) is 0 Å². The molecule has 0 heterocycles. The highest BCUT2D eigenvalue weighted by atomic mass is 79.9. The van der Waals surface area contributed by atoms with Gasteiger partial charge in [0.05, 0.1) is 0 Å². The van der Waals surface area contributed by atoms with Crippen molar-refractivity contribution in [3.05, 3.63) is 26.9 Å². The molecule has 0 radical (unpaired) electrons. The lowest BCUT2D eigenvalue weighted by atomic mass is 10.3. The van der Waals surface area contributed by atoms with Crippen molar-refractivity contribution < 1.29 is 17.9 Å². The van der Waals surface area contributed by atoms with Gasteiger partial charge in [-0.3, -0.25) is 0 Å². The van der Waals surface area contributed by atoms with Crippen LogP contribution in [0.5, 0.6) is 5.75 Å². The topological polar surface area (TPSA) is 9.23 Å². The molecule has 6 heteroatoms. The van der Waals surface area contributed by atoms with Crippen LogP contribution in [0.25, 0.3) is 0 Å². The number of benzene rings is 1.